The maximum absolute atomic E-state index is 12.2. The number of ether oxygens (including phenoxy) is 3. The van der Waals surface area contributed by atoms with E-state index in [1.165, 1.54) is 19.3 Å². The molecule has 176 valence electrons. The van der Waals surface area contributed by atoms with Crippen LogP contribution in [0.1, 0.15) is 64.9 Å². The molecular formula is C24H39NO6. The molecule has 0 spiro atoms. The molecule has 1 N–H and O–H groups in total. The minimum Gasteiger partial charge on any atom is -0.494 e. The zero-order valence-electron chi connectivity index (χ0n) is 19.3. The van der Waals surface area contributed by atoms with Crippen LogP contribution in [0.25, 0.3) is 0 Å². The van der Waals surface area contributed by atoms with Crippen molar-refractivity contribution >= 4 is 12.1 Å². The second kappa shape index (κ2) is 16.4. The summed E-state index contributed by atoms with van der Waals surface area (Å²) in [5, 5.41) is 9.19. The Balaban J connectivity index is 2.41. The highest BCUT2D eigenvalue weighted by molar-refractivity contribution is 5.72. The molecular weight excluding hydrogens is 398 g/mol. The molecule has 7 heteroatoms. The third-order valence-corrected chi connectivity index (χ3v) is 4.89. The van der Waals surface area contributed by atoms with Gasteiger partial charge in [0.1, 0.15) is 5.75 Å². The maximum atomic E-state index is 12.2. The van der Waals surface area contributed by atoms with Crippen molar-refractivity contribution < 1.29 is 28.9 Å². The summed E-state index contributed by atoms with van der Waals surface area (Å²) in [7, 11) is 0. The zero-order chi connectivity index (χ0) is 22.9. The molecule has 0 aliphatic rings. The first-order valence-corrected chi connectivity index (χ1v) is 11.5. The van der Waals surface area contributed by atoms with E-state index in [4.69, 9.17) is 14.2 Å². The molecule has 0 aromatic heterocycles. The molecule has 1 aromatic rings. The Morgan fingerprint density at radius 3 is 2.23 bits per heavy atom. The van der Waals surface area contributed by atoms with E-state index in [-0.39, 0.29) is 6.09 Å². The van der Waals surface area contributed by atoms with Crippen molar-refractivity contribution in [3.8, 4) is 5.75 Å². The summed E-state index contributed by atoms with van der Waals surface area (Å²) in [4.78, 5) is 25.1. The van der Waals surface area contributed by atoms with E-state index < -0.39 is 12.1 Å². The number of aliphatic carboxylic acids is 1. The van der Waals surface area contributed by atoms with E-state index in [0.29, 0.717) is 51.5 Å². The maximum Gasteiger partial charge on any atom is 0.409 e. The predicted octanol–water partition coefficient (Wildman–Crippen LogP) is 4.92. The van der Waals surface area contributed by atoms with E-state index >= 15 is 0 Å². The Kier molecular flexibility index (Phi) is 14.2. The number of benzene rings is 1. The number of carbonyl (C=O) groups is 2. The molecule has 0 radical (unpaired) electrons. The van der Waals surface area contributed by atoms with E-state index in [1.54, 1.807) is 11.8 Å². The fourth-order valence-electron chi connectivity index (χ4n) is 3.22. The van der Waals surface area contributed by atoms with Gasteiger partial charge in [0.15, 0.2) is 6.10 Å². The quantitative estimate of drug-likeness (QED) is 0.348. The molecule has 0 saturated heterocycles. The van der Waals surface area contributed by atoms with Gasteiger partial charge < -0.3 is 24.2 Å². The van der Waals surface area contributed by atoms with E-state index in [9.17, 15) is 14.7 Å². The standard InChI is InChI=1S/C24H39NO6/c1-4-7-8-9-10-16-25(24(28)30-6-3)17-11-18-31-21-14-12-20(13-15-21)19-22(23(26)27)29-5-2/h12-15,22H,4-11,16-19H2,1-3H3,(H,26,27). The Morgan fingerprint density at radius 2 is 1.61 bits per heavy atom. The van der Waals surface area contributed by atoms with Gasteiger partial charge in [0.05, 0.1) is 13.2 Å². The van der Waals surface area contributed by atoms with Crippen LogP contribution in [0.2, 0.25) is 0 Å². The molecule has 7 nitrogen and oxygen atoms in total. The fraction of sp³-hybridized carbons (Fsp3) is 0.667. The molecule has 1 atom stereocenters. The third kappa shape index (κ3) is 11.6. The zero-order valence-corrected chi connectivity index (χ0v) is 19.3. The first kappa shape index (κ1) is 26.8. The first-order valence-electron chi connectivity index (χ1n) is 11.5. The number of hydrogen-bond donors (Lipinski definition) is 1. The molecule has 0 heterocycles. The first-order chi connectivity index (χ1) is 15.0. The van der Waals surface area contributed by atoms with Gasteiger partial charge in [0.2, 0.25) is 0 Å². The van der Waals surface area contributed by atoms with Gasteiger partial charge >= 0.3 is 12.1 Å². The van der Waals surface area contributed by atoms with Crippen LogP contribution in [0, 0.1) is 0 Å². The van der Waals surface area contributed by atoms with Crippen LogP contribution in [-0.2, 0) is 20.7 Å². The lowest BCUT2D eigenvalue weighted by Gasteiger charge is -2.22. The average molecular weight is 438 g/mol. The molecule has 0 aliphatic carbocycles. The summed E-state index contributed by atoms with van der Waals surface area (Å²) in [6.07, 6.45) is 5.67. The molecule has 1 unspecified atom stereocenters. The third-order valence-electron chi connectivity index (χ3n) is 4.89. The fourth-order valence-corrected chi connectivity index (χ4v) is 3.22. The highest BCUT2D eigenvalue weighted by Gasteiger charge is 2.18. The summed E-state index contributed by atoms with van der Waals surface area (Å²) < 4.78 is 16.2. The van der Waals surface area contributed by atoms with Crippen molar-refractivity contribution in [2.75, 3.05) is 32.9 Å². The predicted molar refractivity (Wildman–Crippen MR) is 121 cm³/mol. The van der Waals surface area contributed by atoms with Crippen molar-refractivity contribution in [3.63, 3.8) is 0 Å². The van der Waals surface area contributed by atoms with Crippen LogP contribution in [0.3, 0.4) is 0 Å². The van der Waals surface area contributed by atoms with Gasteiger partial charge in [-0.1, -0.05) is 44.7 Å². The van der Waals surface area contributed by atoms with Crippen LogP contribution in [0.15, 0.2) is 24.3 Å². The molecule has 31 heavy (non-hydrogen) atoms. The largest absolute Gasteiger partial charge is 0.494 e. The Hall–Kier alpha value is -2.28. The molecule has 0 bridgehead atoms. The Bertz CT molecular complexity index is 619. The highest BCUT2D eigenvalue weighted by Crippen LogP contribution is 2.15. The van der Waals surface area contributed by atoms with Crippen molar-refractivity contribution in [2.45, 2.75) is 71.8 Å². The number of carboxylic acid groups (broad SMARTS) is 1. The van der Waals surface area contributed by atoms with Crippen molar-refractivity contribution in [1.29, 1.82) is 0 Å². The van der Waals surface area contributed by atoms with Crippen molar-refractivity contribution in [2.24, 2.45) is 0 Å². The van der Waals surface area contributed by atoms with Gasteiger partial charge in [0.25, 0.3) is 0 Å². The normalized spacial score (nSPS) is 11.7. The second-order valence-corrected chi connectivity index (χ2v) is 7.43. The van der Waals surface area contributed by atoms with E-state index in [0.717, 1.165) is 18.4 Å². The van der Waals surface area contributed by atoms with Crippen LogP contribution in [-0.4, -0.2) is 61.1 Å². The monoisotopic (exact) mass is 437 g/mol. The molecule has 0 saturated carbocycles. The molecule has 0 fully saturated rings. The highest BCUT2D eigenvalue weighted by atomic mass is 16.6. The van der Waals surface area contributed by atoms with Crippen molar-refractivity contribution in [1.82, 2.24) is 4.90 Å². The van der Waals surface area contributed by atoms with Gasteiger partial charge in [-0.2, -0.15) is 0 Å². The minimum absolute atomic E-state index is 0.260. The molecule has 1 amide bonds. The number of unbranched alkanes of at least 4 members (excludes halogenated alkanes) is 4. The summed E-state index contributed by atoms with van der Waals surface area (Å²) in [6.45, 7) is 8.31. The Morgan fingerprint density at radius 1 is 0.935 bits per heavy atom. The second-order valence-electron chi connectivity index (χ2n) is 7.43. The lowest BCUT2D eigenvalue weighted by atomic mass is 10.1. The van der Waals surface area contributed by atoms with Gasteiger partial charge in [0, 0.05) is 26.1 Å². The number of carbonyl (C=O) groups excluding carboxylic acids is 1. The number of amides is 1. The van der Waals surface area contributed by atoms with Gasteiger partial charge in [-0.15, -0.1) is 0 Å². The summed E-state index contributed by atoms with van der Waals surface area (Å²) in [5.74, 6) is -0.243. The number of nitrogens with zero attached hydrogens (tertiary/aromatic N) is 1. The number of hydrogen-bond acceptors (Lipinski definition) is 5. The van der Waals surface area contributed by atoms with E-state index in [1.807, 2.05) is 31.2 Å². The Labute approximate surface area is 186 Å². The average Bonchev–Trinajstić information content (AvgIpc) is 2.75. The smallest absolute Gasteiger partial charge is 0.409 e. The van der Waals surface area contributed by atoms with E-state index in [2.05, 4.69) is 6.92 Å². The summed E-state index contributed by atoms with van der Waals surface area (Å²) >= 11 is 0. The van der Waals surface area contributed by atoms with Gasteiger partial charge in [-0.3, -0.25) is 0 Å². The number of carboxylic acids is 1. The molecule has 1 rings (SSSR count). The van der Waals surface area contributed by atoms with Crippen LogP contribution in [0.4, 0.5) is 4.79 Å². The van der Waals surface area contributed by atoms with Crippen LogP contribution >= 0.6 is 0 Å². The van der Waals surface area contributed by atoms with Gasteiger partial charge in [-0.05, 0) is 44.4 Å². The lowest BCUT2D eigenvalue weighted by molar-refractivity contribution is -0.149. The lowest BCUT2D eigenvalue weighted by Crippen LogP contribution is -2.34. The SMILES string of the molecule is CCCCCCCN(CCCOc1ccc(CC(OCC)C(=O)O)cc1)C(=O)OCC. The molecule has 0 aliphatic heterocycles. The van der Waals surface area contributed by atoms with Crippen molar-refractivity contribution in [3.05, 3.63) is 29.8 Å². The summed E-state index contributed by atoms with van der Waals surface area (Å²) in [5.41, 5.74) is 0.879. The van der Waals surface area contributed by atoms with Crippen LogP contribution in [0.5, 0.6) is 5.75 Å². The van der Waals surface area contributed by atoms with Crippen LogP contribution < -0.4 is 4.74 Å². The number of rotatable bonds is 17. The van der Waals surface area contributed by atoms with Gasteiger partial charge in [-0.25, -0.2) is 9.59 Å². The summed E-state index contributed by atoms with van der Waals surface area (Å²) in [6, 6.07) is 7.37. The minimum atomic E-state index is -0.960. The molecule has 1 aromatic carbocycles. The topological polar surface area (TPSA) is 85.3 Å².